The molecule has 0 saturated heterocycles. The van der Waals surface area contributed by atoms with E-state index in [0.29, 0.717) is 28.9 Å². The van der Waals surface area contributed by atoms with Crippen molar-refractivity contribution in [3.63, 3.8) is 0 Å². The summed E-state index contributed by atoms with van der Waals surface area (Å²) < 4.78 is 5.64. The van der Waals surface area contributed by atoms with Crippen LogP contribution in [0.2, 0.25) is 0 Å². The lowest BCUT2D eigenvalue weighted by Gasteiger charge is -2.16. The normalized spacial score (nSPS) is 12.9. The molecule has 2 heterocycles. The summed E-state index contributed by atoms with van der Waals surface area (Å²) in [6.45, 7) is 0.972. The zero-order valence-electron chi connectivity index (χ0n) is 15.1. The fourth-order valence-electron chi connectivity index (χ4n) is 3.42. The fourth-order valence-corrected chi connectivity index (χ4v) is 4.22. The molecule has 7 heteroatoms. The molecular formula is C21H19ClN2O3S. The van der Waals surface area contributed by atoms with Crippen molar-refractivity contribution in [3.05, 3.63) is 64.1 Å². The minimum Gasteiger partial charge on any atom is -0.492 e. The van der Waals surface area contributed by atoms with Crippen LogP contribution >= 0.6 is 22.9 Å². The Kier molecular flexibility index (Phi) is 5.62. The number of aromatic nitrogens is 1. The van der Waals surface area contributed by atoms with E-state index >= 15 is 0 Å². The Balaban J connectivity index is 1.65. The van der Waals surface area contributed by atoms with Gasteiger partial charge in [-0.3, -0.25) is 4.79 Å². The van der Waals surface area contributed by atoms with Crippen LogP contribution in [0.5, 0.6) is 5.75 Å². The number of aliphatic hydroxyl groups excluding tert-OH is 1. The number of nitrogens with zero attached hydrogens (tertiary/aromatic N) is 2. The van der Waals surface area contributed by atoms with Gasteiger partial charge in [-0.05, 0) is 41.3 Å². The first-order valence-electron chi connectivity index (χ1n) is 9.00. The smallest absolute Gasteiger partial charge is 0.287 e. The molecule has 3 aromatic rings. The van der Waals surface area contributed by atoms with Crippen LogP contribution in [0.15, 0.2) is 48.7 Å². The minimum absolute atomic E-state index is 0.103. The standard InChI is InChI=1S/C21H19ClN2O3S/c22-8-10-27-15-4-1-3-14(11-15)17-5-2-6-19-18(17)7-9-24(19)21(26)20-23-12-16(13-25)28-20/h1-6,11-12,25H,7-10,13H2. The number of amides is 1. The third-order valence-corrected chi connectivity index (χ3v) is 5.78. The summed E-state index contributed by atoms with van der Waals surface area (Å²) >= 11 is 6.94. The third-order valence-electron chi connectivity index (χ3n) is 4.66. The number of carbonyl (C=O) groups is 1. The lowest BCUT2D eigenvalue weighted by atomic mass is 9.98. The molecule has 0 fully saturated rings. The Bertz CT molecular complexity index is 1000. The van der Waals surface area contributed by atoms with Crippen LogP contribution in [0.1, 0.15) is 20.2 Å². The van der Waals surface area contributed by atoms with Gasteiger partial charge in [-0.2, -0.15) is 0 Å². The quantitative estimate of drug-likeness (QED) is 0.616. The lowest BCUT2D eigenvalue weighted by Crippen LogP contribution is -2.28. The Morgan fingerprint density at radius 2 is 2.14 bits per heavy atom. The van der Waals surface area contributed by atoms with Crippen LogP contribution in [0, 0.1) is 0 Å². The zero-order chi connectivity index (χ0) is 19.5. The molecule has 2 aromatic carbocycles. The van der Waals surface area contributed by atoms with Gasteiger partial charge in [-0.25, -0.2) is 4.98 Å². The number of halogens is 1. The zero-order valence-corrected chi connectivity index (χ0v) is 16.7. The average Bonchev–Trinajstić information content (AvgIpc) is 3.39. The number of benzene rings is 2. The molecule has 1 N–H and O–H groups in total. The highest BCUT2D eigenvalue weighted by molar-refractivity contribution is 7.13. The Labute approximate surface area is 172 Å². The first-order valence-corrected chi connectivity index (χ1v) is 10.3. The molecule has 0 aliphatic carbocycles. The van der Waals surface area contributed by atoms with Crippen LogP contribution in [-0.4, -0.2) is 35.0 Å². The number of carbonyl (C=O) groups excluding carboxylic acids is 1. The molecule has 28 heavy (non-hydrogen) atoms. The van der Waals surface area contributed by atoms with Gasteiger partial charge >= 0.3 is 0 Å². The summed E-state index contributed by atoms with van der Waals surface area (Å²) in [4.78, 5) is 19.5. The van der Waals surface area contributed by atoms with E-state index in [1.807, 2.05) is 36.4 Å². The van der Waals surface area contributed by atoms with Gasteiger partial charge in [-0.15, -0.1) is 22.9 Å². The SMILES string of the molecule is O=C(c1ncc(CO)s1)N1CCc2c(-c3cccc(OCCCl)c3)cccc21. The predicted octanol–water partition coefficient (Wildman–Crippen LogP) is 4.12. The number of hydrogen-bond donors (Lipinski definition) is 1. The van der Waals surface area contributed by atoms with Crippen LogP contribution in [-0.2, 0) is 13.0 Å². The second-order valence-corrected chi connectivity index (χ2v) is 7.86. The van der Waals surface area contributed by atoms with Gasteiger partial charge in [-0.1, -0.05) is 24.3 Å². The number of thiazole rings is 1. The first kappa shape index (κ1) is 18.9. The van der Waals surface area contributed by atoms with E-state index in [-0.39, 0.29) is 12.5 Å². The lowest BCUT2D eigenvalue weighted by molar-refractivity contribution is 0.0989. The van der Waals surface area contributed by atoms with Gasteiger partial charge < -0.3 is 14.7 Å². The van der Waals surface area contributed by atoms with Crippen molar-refractivity contribution >= 4 is 34.5 Å². The predicted molar refractivity (Wildman–Crippen MR) is 112 cm³/mol. The first-order chi connectivity index (χ1) is 13.7. The summed E-state index contributed by atoms with van der Waals surface area (Å²) in [5, 5.41) is 9.62. The Morgan fingerprint density at radius 1 is 1.29 bits per heavy atom. The van der Waals surface area contributed by atoms with Crippen LogP contribution in [0.25, 0.3) is 11.1 Å². The molecule has 0 saturated carbocycles. The molecule has 0 radical (unpaired) electrons. The highest BCUT2D eigenvalue weighted by atomic mass is 35.5. The molecular weight excluding hydrogens is 396 g/mol. The van der Waals surface area contributed by atoms with E-state index in [9.17, 15) is 9.90 Å². The molecule has 1 aliphatic rings. The van der Waals surface area contributed by atoms with Gasteiger partial charge in [0.1, 0.15) is 12.4 Å². The molecule has 0 unspecified atom stereocenters. The summed E-state index contributed by atoms with van der Waals surface area (Å²) in [7, 11) is 0. The molecule has 1 aromatic heterocycles. The number of anilines is 1. The van der Waals surface area contributed by atoms with Crippen molar-refractivity contribution in [2.75, 3.05) is 23.9 Å². The number of aliphatic hydroxyl groups is 1. The third kappa shape index (κ3) is 3.63. The van der Waals surface area contributed by atoms with E-state index in [1.54, 1.807) is 11.1 Å². The molecule has 4 rings (SSSR count). The molecule has 0 atom stereocenters. The summed E-state index contributed by atoms with van der Waals surface area (Å²) in [6.07, 6.45) is 2.33. The van der Waals surface area contributed by atoms with Crippen molar-refractivity contribution in [3.8, 4) is 16.9 Å². The van der Waals surface area contributed by atoms with Crippen molar-refractivity contribution in [1.82, 2.24) is 4.98 Å². The van der Waals surface area contributed by atoms with Gasteiger partial charge in [0.05, 0.1) is 17.4 Å². The van der Waals surface area contributed by atoms with E-state index in [1.165, 1.54) is 11.3 Å². The van der Waals surface area contributed by atoms with Gasteiger partial charge in [0.15, 0.2) is 5.01 Å². The second-order valence-electron chi connectivity index (χ2n) is 6.37. The molecule has 144 valence electrons. The Morgan fingerprint density at radius 3 is 2.93 bits per heavy atom. The van der Waals surface area contributed by atoms with Gasteiger partial charge in [0.25, 0.3) is 5.91 Å². The maximum atomic E-state index is 12.9. The van der Waals surface area contributed by atoms with Crippen LogP contribution in [0.4, 0.5) is 5.69 Å². The van der Waals surface area contributed by atoms with Crippen LogP contribution in [0.3, 0.4) is 0 Å². The molecule has 1 aliphatic heterocycles. The number of rotatable bonds is 6. The van der Waals surface area contributed by atoms with E-state index < -0.39 is 0 Å². The fraction of sp³-hybridized carbons (Fsp3) is 0.238. The number of fused-ring (bicyclic) bond motifs is 1. The van der Waals surface area contributed by atoms with Crippen molar-refractivity contribution in [2.45, 2.75) is 13.0 Å². The molecule has 0 bridgehead atoms. The molecule has 1 amide bonds. The summed E-state index contributed by atoms with van der Waals surface area (Å²) in [5.74, 6) is 1.09. The number of hydrogen-bond acceptors (Lipinski definition) is 5. The molecule has 0 spiro atoms. The van der Waals surface area contributed by atoms with Crippen molar-refractivity contribution in [2.24, 2.45) is 0 Å². The molecule has 5 nitrogen and oxygen atoms in total. The van der Waals surface area contributed by atoms with E-state index in [2.05, 4.69) is 11.1 Å². The maximum absolute atomic E-state index is 12.9. The maximum Gasteiger partial charge on any atom is 0.287 e. The van der Waals surface area contributed by atoms with E-state index in [0.717, 1.165) is 34.5 Å². The highest BCUT2D eigenvalue weighted by Gasteiger charge is 2.29. The van der Waals surface area contributed by atoms with Crippen molar-refractivity contribution in [1.29, 1.82) is 0 Å². The number of ether oxygens (including phenoxy) is 1. The highest BCUT2D eigenvalue weighted by Crippen LogP contribution is 2.38. The average molecular weight is 415 g/mol. The topological polar surface area (TPSA) is 62.7 Å². The van der Waals surface area contributed by atoms with Gasteiger partial charge in [0.2, 0.25) is 0 Å². The number of alkyl halides is 1. The van der Waals surface area contributed by atoms with Crippen LogP contribution < -0.4 is 9.64 Å². The largest absolute Gasteiger partial charge is 0.492 e. The van der Waals surface area contributed by atoms with E-state index in [4.69, 9.17) is 16.3 Å². The monoisotopic (exact) mass is 414 g/mol. The summed E-state index contributed by atoms with van der Waals surface area (Å²) in [6, 6.07) is 13.9. The minimum atomic E-state index is -0.125. The van der Waals surface area contributed by atoms with Crippen molar-refractivity contribution < 1.29 is 14.6 Å². The van der Waals surface area contributed by atoms with Gasteiger partial charge in [0, 0.05) is 18.4 Å². The summed E-state index contributed by atoms with van der Waals surface area (Å²) in [5.41, 5.74) is 4.20. The second kappa shape index (κ2) is 8.31. The Hall–Kier alpha value is -2.41.